The molecule has 0 unspecified atom stereocenters. The standard InChI is InChI=1S/C14H19N3O3/c1-10-3-4-11(15)9-12(10)13(18)16-5-7-17(8-6-16)14(19)20-2/h3-4,9H,5-8,15H2,1-2H3. The molecule has 20 heavy (non-hydrogen) atoms. The third-order valence-corrected chi connectivity index (χ3v) is 3.49. The third-order valence-electron chi connectivity index (χ3n) is 3.49. The number of carbonyl (C=O) groups excluding carboxylic acids is 2. The van der Waals surface area contributed by atoms with Gasteiger partial charge in [0.15, 0.2) is 0 Å². The number of carbonyl (C=O) groups is 2. The van der Waals surface area contributed by atoms with E-state index in [1.165, 1.54) is 7.11 Å². The Labute approximate surface area is 118 Å². The molecule has 0 saturated carbocycles. The van der Waals surface area contributed by atoms with Gasteiger partial charge in [-0.3, -0.25) is 4.79 Å². The summed E-state index contributed by atoms with van der Waals surface area (Å²) in [5.41, 5.74) is 7.83. The Morgan fingerprint density at radius 2 is 1.75 bits per heavy atom. The quantitative estimate of drug-likeness (QED) is 0.780. The van der Waals surface area contributed by atoms with Crippen molar-refractivity contribution in [3.63, 3.8) is 0 Å². The van der Waals surface area contributed by atoms with Crippen molar-refractivity contribution in [2.24, 2.45) is 0 Å². The Bertz CT molecular complexity index is 522. The molecule has 1 fully saturated rings. The minimum Gasteiger partial charge on any atom is -0.453 e. The molecule has 0 radical (unpaired) electrons. The zero-order chi connectivity index (χ0) is 14.7. The molecule has 0 atom stereocenters. The Morgan fingerprint density at radius 3 is 2.35 bits per heavy atom. The summed E-state index contributed by atoms with van der Waals surface area (Å²) in [7, 11) is 1.36. The summed E-state index contributed by atoms with van der Waals surface area (Å²) >= 11 is 0. The number of rotatable bonds is 1. The van der Waals surface area contributed by atoms with Gasteiger partial charge in [0.25, 0.3) is 5.91 Å². The lowest BCUT2D eigenvalue weighted by Crippen LogP contribution is -2.50. The van der Waals surface area contributed by atoms with Gasteiger partial charge in [-0.15, -0.1) is 0 Å². The van der Waals surface area contributed by atoms with Crippen LogP contribution in [0.15, 0.2) is 18.2 Å². The summed E-state index contributed by atoms with van der Waals surface area (Å²) in [4.78, 5) is 27.2. The second kappa shape index (κ2) is 5.81. The van der Waals surface area contributed by atoms with Crippen molar-refractivity contribution in [1.29, 1.82) is 0 Å². The second-order valence-electron chi connectivity index (χ2n) is 4.82. The van der Waals surface area contributed by atoms with E-state index in [0.29, 0.717) is 37.4 Å². The van der Waals surface area contributed by atoms with E-state index in [-0.39, 0.29) is 12.0 Å². The lowest BCUT2D eigenvalue weighted by molar-refractivity contribution is 0.0599. The number of nitrogens with two attached hydrogens (primary N) is 1. The molecule has 1 aliphatic rings. The topological polar surface area (TPSA) is 75.9 Å². The molecule has 1 aromatic carbocycles. The fraction of sp³-hybridized carbons (Fsp3) is 0.429. The molecule has 0 spiro atoms. The summed E-state index contributed by atoms with van der Waals surface area (Å²) in [5, 5.41) is 0. The molecule has 1 saturated heterocycles. The van der Waals surface area contributed by atoms with Gasteiger partial charge in [0.05, 0.1) is 7.11 Å². The van der Waals surface area contributed by atoms with Gasteiger partial charge in [0.2, 0.25) is 0 Å². The van der Waals surface area contributed by atoms with Gasteiger partial charge in [-0.2, -0.15) is 0 Å². The molecule has 2 amide bonds. The molecule has 0 bridgehead atoms. The number of anilines is 1. The molecular weight excluding hydrogens is 258 g/mol. The van der Waals surface area contributed by atoms with Gasteiger partial charge < -0.3 is 20.3 Å². The molecule has 6 nitrogen and oxygen atoms in total. The van der Waals surface area contributed by atoms with Crippen LogP contribution in [0.5, 0.6) is 0 Å². The van der Waals surface area contributed by atoms with Gasteiger partial charge in [-0.25, -0.2) is 4.79 Å². The van der Waals surface area contributed by atoms with Crippen LogP contribution in [-0.2, 0) is 4.74 Å². The number of methoxy groups -OCH3 is 1. The number of piperazine rings is 1. The first kappa shape index (κ1) is 14.2. The zero-order valence-electron chi connectivity index (χ0n) is 11.8. The summed E-state index contributed by atoms with van der Waals surface area (Å²) < 4.78 is 4.67. The van der Waals surface area contributed by atoms with E-state index in [9.17, 15) is 9.59 Å². The van der Waals surface area contributed by atoms with Crippen LogP contribution in [0.2, 0.25) is 0 Å². The van der Waals surface area contributed by atoms with Gasteiger partial charge in [0, 0.05) is 37.4 Å². The normalized spacial score (nSPS) is 15.1. The SMILES string of the molecule is COC(=O)N1CCN(C(=O)c2cc(N)ccc2C)CC1. The highest BCUT2D eigenvalue weighted by molar-refractivity contribution is 5.96. The Morgan fingerprint density at radius 1 is 1.15 bits per heavy atom. The maximum Gasteiger partial charge on any atom is 0.409 e. The Kier molecular flexibility index (Phi) is 4.12. The Balaban J connectivity index is 2.05. The predicted molar refractivity (Wildman–Crippen MR) is 75.5 cm³/mol. The van der Waals surface area contributed by atoms with Crippen LogP contribution >= 0.6 is 0 Å². The van der Waals surface area contributed by atoms with Crippen LogP contribution in [0.4, 0.5) is 10.5 Å². The smallest absolute Gasteiger partial charge is 0.409 e. The molecule has 0 aliphatic carbocycles. The van der Waals surface area contributed by atoms with Crippen molar-refractivity contribution < 1.29 is 14.3 Å². The number of ether oxygens (including phenoxy) is 1. The number of amides is 2. The highest BCUT2D eigenvalue weighted by Crippen LogP contribution is 2.16. The zero-order valence-corrected chi connectivity index (χ0v) is 11.8. The molecule has 2 rings (SSSR count). The molecule has 1 aliphatic heterocycles. The van der Waals surface area contributed by atoms with Crippen LogP contribution in [0.1, 0.15) is 15.9 Å². The first-order valence-corrected chi connectivity index (χ1v) is 6.51. The van der Waals surface area contributed by atoms with Crippen LogP contribution in [-0.4, -0.2) is 55.1 Å². The minimum atomic E-state index is -0.350. The van der Waals surface area contributed by atoms with Crippen molar-refractivity contribution in [1.82, 2.24) is 9.80 Å². The first-order valence-electron chi connectivity index (χ1n) is 6.51. The third kappa shape index (κ3) is 2.84. The van der Waals surface area contributed by atoms with Crippen molar-refractivity contribution in [3.05, 3.63) is 29.3 Å². The van der Waals surface area contributed by atoms with E-state index in [1.807, 2.05) is 13.0 Å². The average Bonchev–Trinajstić information content (AvgIpc) is 2.48. The van der Waals surface area contributed by atoms with Crippen molar-refractivity contribution in [2.45, 2.75) is 6.92 Å². The predicted octanol–water partition coefficient (Wildman–Crippen LogP) is 1.10. The van der Waals surface area contributed by atoms with E-state index in [1.54, 1.807) is 21.9 Å². The highest BCUT2D eigenvalue weighted by Gasteiger charge is 2.25. The molecular formula is C14H19N3O3. The van der Waals surface area contributed by atoms with Crippen LogP contribution in [0.25, 0.3) is 0 Å². The monoisotopic (exact) mass is 277 g/mol. The lowest BCUT2D eigenvalue weighted by atomic mass is 10.1. The number of aryl methyl sites for hydroxylation is 1. The van der Waals surface area contributed by atoms with E-state index >= 15 is 0 Å². The van der Waals surface area contributed by atoms with Crippen molar-refractivity contribution in [2.75, 3.05) is 39.0 Å². The van der Waals surface area contributed by atoms with Gasteiger partial charge in [0.1, 0.15) is 0 Å². The largest absolute Gasteiger partial charge is 0.453 e. The first-order chi connectivity index (χ1) is 9.52. The minimum absolute atomic E-state index is 0.0423. The number of hydrogen-bond acceptors (Lipinski definition) is 4. The van der Waals surface area contributed by atoms with E-state index in [4.69, 9.17) is 5.73 Å². The maximum atomic E-state index is 12.5. The Hall–Kier alpha value is -2.24. The van der Waals surface area contributed by atoms with Gasteiger partial charge >= 0.3 is 6.09 Å². The molecule has 108 valence electrons. The van der Waals surface area contributed by atoms with Gasteiger partial charge in [-0.1, -0.05) is 6.07 Å². The van der Waals surface area contributed by atoms with Crippen LogP contribution in [0, 0.1) is 6.92 Å². The number of nitrogens with zero attached hydrogens (tertiary/aromatic N) is 2. The maximum absolute atomic E-state index is 12.5. The molecule has 0 aromatic heterocycles. The highest BCUT2D eigenvalue weighted by atomic mass is 16.5. The fourth-order valence-electron chi connectivity index (χ4n) is 2.26. The van der Waals surface area contributed by atoms with Gasteiger partial charge in [-0.05, 0) is 24.6 Å². The average molecular weight is 277 g/mol. The summed E-state index contributed by atoms with van der Waals surface area (Å²) in [5.74, 6) is -0.0423. The number of benzene rings is 1. The second-order valence-corrected chi connectivity index (χ2v) is 4.82. The molecule has 1 heterocycles. The molecule has 1 aromatic rings. The number of hydrogen-bond donors (Lipinski definition) is 1. The van der Waals surface area contributed by atoms with Crippen molar-refractivity contribution >= 4 is 17.7 Å². The molecule has 6 heteroatoms. The fourth-order valence-corrected chi connectivity index (χ4v) is 2.26. The number of nitrogen functional groups attached to an aromatic ring is 1. The summed E-state index contributed by atoms with van der Waals surface area (Å²) in [6.07, 6.45) is -0.350. The summed E-state index contributed by atoms with van der Waals surface area (Å²) in [6, 6.07) is 5.32. The van der Waals surface area contributed by atoms with E-state index < -0.39 is 0 Å². The van der Waals surface area contributed by atoms with Crippen LogP contribution < -0.4 is 5.73 Å². The van der Waals surface area contributed by atoms with Crippen LogP contribution in [0.3, 0.4) is 0 Å². The molecule has 2 N–H and O–H groups in total. The van der Waals surface area contributed by atoms with Crippen molar-refractivity contribution in [3.8, 4) is 0 Å². The summed E-state index contributed by atoms with van der Waals surface area (Å²) in [6.45, 7) is 3.86. The van der Waals surface area contributed by atoms with E-state index in [0.717, 1.165) is 5.56 Å². The lowest BCUT2D eigenvalue weighted by Gasteiger charge is -2.34. The van der Waals surface area contributed by atoms with E-state index in [2.05, 4.69) is 4.74 Å².